The van der Waals surface area contributed by atoms with Gasteiger partial charge in [0.15, 0.2) is 0 Å². The van der Waals surface area contributed by atoms with E-state index in [9.17, 15) is 14.7 Å². The monoisotopic (exact) mass is 341 g/mol. The number of fused-ring (bicyclic) bond motifs is 1. The summed E-state index contributed by atoms with van der Waals surface area (Å²) in [5, 5.41) is 11.7. The van der Waals surface area contributed by atoms with Gasteiger partial charge in [0.1, 0.15) is 35.4 Å². The third-order valence-corrected chi connectivity index (χ3v) is 3.94. The van der Waals surface area contributed by atoms with Crippen LogP contribution in [0.1, 0.15) is 40.8 Å². The van der Waals surface area contributed by atoms with Crippen molar-refractivity contribution in [2.75, 3.05) is 0 Å². The molecule has 0 bridgehead atoms. The van der Waals surface area contributed by atoms with Crippen LogP contribution in [0.4, 0.5) is 0 Å². The zero-order valence-corrected chi connectivity index (χ0v) is 14.0. The minimum absolute atomic E-state index is 0.132. The van der Waals surface area contributed by atoms with E-state index in [2.05, 4.69) is 0 Å². The van der Waals surface area contributed by atoms with Crippen molar-refractivity contribution in [3.8, 4) is 5.75 Å². The molecule has 6 heteroatoms. The lowest BCUT2D eigenvalue weighted by atomic mass is 10.1. The molecule has 130 valence electrons. The Kier molecular flexibility index (Phi) is 4.61. The summed E-state index contributed by atoms with van der Waals surface area (Å²) in [5.41, 5.74) is 1.63. The molecule has 0 aliphatic rings. The van der Waals surface area contributed by atoms with E-state index in [1.165, 1.54) is 12.1 Å². The Hall–Kier alpha value is -3.02. The number of carbonyl (C=O) groups is 1. The minimum atomic E-state index is -1.37. The second kappa shape index (κ2) is 6.84. The molecule has 2 heterocycles. The number of hydrogen-bond acceptors (Lipinski definition) is 6. The van der Waals surface area contributed by atoms with Crippen LogP contribution in [0.3, 0.4) is 0 Å². The van der Waals surface area contributed by atoms with Gasteiger partial charge in [0, 0.05) is 23.1 Å². The lowest BCUT2D eigenvalue weighted by Gasteiger charge is -2.08. The summed E-state index contributed by atoms with van der Waals surface area (Å²) in [6, 6.07) is 8.20. The molecule has 0 radical (unpaired) electrons. The number of aryl methyl sites for hydroxylation is 2. The number of carboxylic acids is 1. The van der Waals surface area contributed by atoms with E-state index in [0.717, 1.165) is 23.8 Å². The highest BCUT2D eigenvalue weighted by molar-refractivity contribution is 5.83. The van der Waals surface area contributed by atoms with Crippen molar-refractivity contribution in [3.05, 3.63) is 63.4 Å². The van der Waals surface area contributed by atoms with Crippen molar-refractivity contribution in [2.24, 2.45) is 0 Å². The first-order chi connectivity index (χ1) is 12.0. The molecule has 0 aliphatic carbocycles. The topological polar surface area (TPSA) is 92.7 Å². The molecule has 3 rings (SSSR count). The van der Waals surface area contributed by atoms with Crippen molar-refractivity contribution in [1.82, 2.24) is 0 Å². The van der Waals surface area contributed by atoms with E-state index in [1.807, 2.05) is 13.0 Å². The lowest BCUT2D eigenvalue weighted by Crippen LogP contribution is -2.21. The molecule has 2 aromatic heterocycles. The van der Waals surface area contributed by atoms with Crippen LogP contribution in [-0.4, -0.2) is 5.97 Å². The van der Waals surface area contributed by atoms with E-state index in [0.29, 0.717) is 22.7 Å². The summed E-state index contributed by atoms with van der Waals surface area (Å²) in [6.45, 7) is 3.83. The molecule has 0 saturated carbocycles. The fourth-order valence-electron chi connectivity index (χ4n) is 2.70. The van der Waals surface area contributed by atoms with Gasteiger partial charge in [-0.25, -0.2) is 4.79 Å². The van der Waals surface area contributed by atoms with Crippen molar-refractivity contribution < 1.29 is 23.5 Å². The van der Waals surface area contributed by atoms with E-state index in [1.54, 1.807) is 19.1 Å². The van der Waals surface area contributed by atoms with Crippen LogP contribution < -0.4 is 15.5 Å². The van der Waals surface area contributed by atoms with Gasteiger partial charge in [0.2, 0.25) is 0 Å². The summed E-state index contributed by atoms with van der Waals surface area (Å²) in [4.78, 5) is 22.5. The molecule has 6 nitrogen and oxygen atoms in total. The van der Waals surface area contributed by atoms with Gasteiger partial charge in [0.05, 0.1) is 0 Å². The quantitative estimate of drug-likeness (QED) is 0.640. The molecule has 0 amide bonds. The largest absolute Gasteiger partial charge is 0.542 e. The smallest absolute Gasteiger partial charge is 0.336 e. The third kappa shape index (κ3) is 3.57. The van der Waals surface area contributed by atoms with Crippen LogP contribution in [-0.2, 0) is 13.0 Å². The molecule has 0 N–H and O–H groups in total. The zero-order chi connectivity index (χ0) is 18.0. The maximum atomic E-state index is 11.7. The van der Waals surface area contributed by atoms with E-state index >= 15 is 0 Å². The molecule has 1 aromatic carbocycles. The summed E-state index contributed by atoms with van der Waals surface area (Å²) in [7, 11) is 0. The Labute approximate surface area is 143 Å². The Morgan fingerprint density at radius 2 is 1.96 bits per heavy atom. The Balaban J connectivity index is 1.85. The third-order valence-electron chi connectivity index (χ3n) is 3.94. The van der Waals surface area contributed by atoms with Gasteiger partial charge < -0.3 is 23.5 Å². The van der Waals surface area contributed by atoms with Crippen molar-refractivity contribution in [3.63, 3.8) is 0 Å². The van der Waals surface area contributed by atoms with Gasteiger partial charge in [-0.1, -0.05) is 13.3 Å². The summed E-state index contributed by atoms with van der Waals surface area (Å²) in [5.74, 6) is -0.633. The fourth-order valence-corrected chi connectivity index (χ4v) is 2.70. The first kappa shape index (κ1) is 16.8. The van der Waals surface area contributed by atoms with Gasteiger partial charge in [-0.3, -0.25) is 0 Å². The number of carbonyl (C=O) groups excluding carboxylic acids is 1. The van der Waals surface area contributed by atoms with Crippen molar-refractivity contribution in [2.45, 2.75) is 33.3 Å². The van der Waals surface area contributed by atoms with Crippen LogP contribution in [0.2, 0.25) is 0 Å². The summed E-state index contributed by atoms with van der Waals surface area (Å²) >= 11 is 0. The van der Waals surface area contributed by atoms with Crippen LogP contribution in [0.5, 0.6) is 5.75 Å². The molecule has 0 unspecified atom stereocenters. The Morgan fingerprint density at radius 1 is 1.16 bits per heavy atom. The molecule has 0 aliphatic heterocycles. The number of rotatable bonds is 6. The highest BCUT2D eigenvalue weighted by atomic mass is 16.5. The maximum Gasteiger partial charge on any atom is 0.336 e. The average Bonchev–Trinajstić information content (AvgIpc) is 2.94. The minimum Gasteiger partial charge on any atom is -0.542 e. The molecule has 0 spiro atoms. The molecule has 0 fully saturated rings. The first-order valence-corrected chi connectivity index (χ1v) is 7.98. The van der Waals surface area contributed by atoms with Crippen molar-refractivity contribution >= 4 is 16.9 Å². The van der Waals surface area contributed by atoms with E-state index in [-0.39, 0.29) is 12.4 Å². The van der Waals surface area contributed by atoms with Crippen LogP contribution >= 0.6 is 0 Å². The van der Waals surface area contributed by atoms with Gasteiger partial charge in [-0.15, -0.1) is 0 Å². The molecule has 25 heavy (non-hydrogen) atoms. The SMILES string of the molecule is CCCc1cc(=O)oc2cc(OCc3cc(C(=O)[O-])oc3C)ccc12. The molecule has 3 aromatic rings. The predicted molar refractivity (Wildman–Crippen MR) is 88.6 cm³/mol. The number of benzene rings is 1. The van der Waals surface area contributed by atoms with Gasteiger partial charge >= 0.3 is 5.63 Å². The number of ether oxygens (including phenoxy) is 1. The van der Waals surface area contributed by atoms with E-state index < -0.39 is 11.6 Å². The average molecular weight is 341 g/mol. The summed E-state index contributed by atoms with van der Waals surface area (Å²) < 4.78 is 16.0. The van der Waals surface area contributed by atoms with Gasteiger partial charge in [0.25, 0.3) is 0 Å². The van der Waals surface area contributed by atoms with E-state index in [4.69, 9.17) is 13.6 Å². The Morgan fingerprint density at radius 3 is 2.64 bits per heavy atom. The standard InChI is InChI=1S/C19H18O6/c1-3-4-12-8-18(20)25-16-9-14(5-6-15(12)16)23-10-13-7-17(19(21)22)24-11(13)2/h5-9H,3-4,10H2,1-2H3,(H,21,22)/p-1. The summed E-state index contributed by atoms with van der Waals surface area (Å²) in [6.07, 6.45) is 1.72. The predicted octanol–water partition coefficient (Wildman–Crippen LogP) is 2.59. The van der Waals surface area contributed by atoms with Crippen LogP contribution in [0, 0.1) is 6.92 Å². The fraction of sp³-hybridized carbons (Fsp3) is 0.263. The number of aromatic carboxylic acids is 1. The van der Waals surface area contributed by atoms with Gasteiger partial charge in [-0.05, 0) is 37.1 Å². The number of furan rings is 1. The maximum absolute atomic E-state index is 11.7. The molecule has 0 atom stereocenters. The highest BCUT2D eigenvalue weighted by Gasteiger charge is 2.10. The second-order valence-corrected chi connectivity index (χ2v) is 5.77. The highest BCUT2D eigenvalue weighted by Crippen LogP contribution is 2.25. The number of carboxylic acid groups (broad SMARTS) is 1. The molecule has 0 saturated heterocycles. The van der Waals surface area contributed by atoms with Crippen LogP contribution in [0.25, 0.3) is 11.0 Å². The first-order valence-electron chi connectivity index (χ1n) is 7.98. The molecular formula is C19H17O6-. The van der Waals surface area contributed by atoms with Crippen molar-refractivity contribution in [1.29, 1.82) is 0 Å². The Bertz CT molecular complexity index is 979. The molecular weight excluding hydrogens is 324 g/mol. The second-order valence-electron chi connectivity index (χ2n) is 5.77. The normalized spacial score (nSPS) is 11.0. The van der Waals surface area contributed by atoms with Crippen LogP contribution in [0.15, 0.2) is 44.0 Å². The zero-order valence-electron chi connectivity index (χ0n) is 14.0. The van der Waals surface area contributed by atoms with Gasteiger partial charge in [-0.2, -0.15) is 0 Å². The number of hydrogen-bond donors (Lipinski definition) is 0. The lowest BCUT2D eigenvalue weighted by molar-refractivity contribution is -0.257.